The molecule has 0 radical (unpaired) electrons. The Kier molecular flexibility index (Phi) is 7.10. The molecule has 0 aromatic rings. The Bertz CT molecular complexity index is 196. The van der Waals surface area contributed by atoms with Gasteiger partial charge in [0.25, 0.3) is 0 Å². The molecule has 0 unspecified atom stereocenters. The number of rotatable bonds is 4. The van der Waals surface area contributed by atoms with E-state index in [9.17, 15) is 4.79 Å². The second kappa shape index (κ2) is 7.67. The number of methoxy groups -OCH3 is 1. The third-order valence-corrected chi connectivity index (χ3v) is 1.55. The van der Waals surface area contributed by atoms with Crippen LogP contribution in [0.2, 0.25) is 0 Å². The van der Waals surface area contributed by atoms with E-state index in [-0.39, 0.29) is 5.97 Å². The number of unbranched alkanes of at least 4 members (excludes halogenated alkanes) is 2. The fraction of sp³-hybridized carbons (Fsp3) is 0.727. The van der Waals surface area contributed by atoms with Crippen molar-refractivity contribution < 1.29 is 9.53 Å². The molecule has 0 fully saturated rings. The minimum atomic E-state index is -0.128. The van der Waals surface area contributed by atoms with Crippen molar-refractivity contribution in [1.82, 2.24) is 0 Å². The molecule has 0 saturated heterocycles. The first kappa shape index (κ1) is 12.0. The number of esters is 1. The van der Waals surface area contributed by atoms with E-state index in [0.29, 0.717) is 12.3 Å². The number of carbonyl (C=O) groups is 1. The minimum Gasteiger partial charge on any atom is -0.469 e. The fourth-order valence-electron chi connectivity index (χ4n) is 0.861. The summed E-state index contributed by atoms with van der Waals surface area (Å²) < 4.78 is 4.52. The smallest absolute Gasteiger partial charge is 0.305 e. The van der Waals surface area contributed by atoms with Crippen LogP contribution >= 0.6 is 0 Å². The molecule has 0 heterocycles. The molecule has 0 aliphatic carbocycles. The van der Waals surface area contributed by atoms with Crippen molar-refractivity contribution in [3.63, 3.8) is 0 Å². The fourth-order valence-corrected chi connectivity index (χ4v) is 0.861. The molecule has 0 amide bonds. The van der Waals surface area contributed by atoms with Gasteiger partial charge in [0.05, 0.1) is 7.11 Å². The van der Waals surface area contributed by atoms with Crippen LogP contribution in [-0.2, 0) is 9.53 Å². The van der Waals surface area contributed by atoms with Gasteiger partial charge in [0.2, 0.25) is 0 Å². The van der Waals surface area contributed by atoms with Crippen LogP contribution in [0, 0.1) is 17.8 Å². The highest BCUT2D eigenvalue weighted by Crippen LogP contribution is 2.00. The quantitative estimate of drug-likeness (QED) is 0.379. The average Bonchev–Trinajstić information content (AvgIpc) is 2.10. The first-order chi connectivity index (χ1) is 6.16. The van der Waals surface area contributed by atoms with Crippen LogP contribution in [0.25, 0.3) is 0 Å². The molecule has 2 nitrogen and oxygen atoms in total. The highest BCUT2D eigenvalue weighted by molar-refractivity contribution is 5.68. The Morgan fingerprint density at radius 2 is 2.08 bits per heavy atom. The summed E-state index contributed by atoms with van der Waals surface area (Å²) in [7, 11) is 1.42. The van der Waals surface area contributed by atoms with Crippen molar-refractivity contribution in [2.24, 2.45) is 5.92 Å². The standard InChI is InChI=1S/C11H18O2/c1-10(2)8-6-4-5-7-9-11(12)13-3/h10H,4-5,7,9H2,1-3H3. The van der Waals surface area contributed by atoms with Gasteiger partial charge in [-0.2, -0.15) is 0 Å². The van der Waals surface area contributed by atoms with E-state index >= 15 is 0 Å². The average molecular weight is 182 g/mol. The normalized spacial score (nSPS) is 9.23. The zero-order valence-corrected chi connectivity index (χ0v) is 8.72. The van der Waals surface area contributed by atoms with Crippen molar-refractivity contribution in [3.05, 3.63) is 0 Å². The van der Waals surface area contributed by atoms with Gasteiger partial charge in [-0.15, -0.1) is 11.8 Å². The molecule has 0 aromatic heterocycles. The Labute approximate surface area is 80.7 Å². The van der Waals surface area contributed by atoms with Gasteiger partial charge < -0.3 is 4.74 Å². The van der Waals surface area contributed by atoms with E-state index in [1.165, 1.54) is 7.11 Å². The summed E-state index contributed by atoms with van der Waals surface area (Å²) >= 11 is 0. The molecule has 0 aliphatic heterocycles. The van der Waals surface area contributed by atoms with Crippen LogP contribution < -0.4 is 0 Å². The first-order valence-electron chi connectivity index (χ1n) is 4.72. The molecule has 0 N–H and O–H groups in total. The summed E-state index contributed by atoms with van der Waals surface area (Å²) in [5.74, 6) is 6.47. The molecular weight excluding hydrogens is 164 g/mol. The molecule has 0 saturated carbocycles. The van der Waals surface area contributed by atoms with Crippen LogP contribution in [0.1, 0.15) is 39.5 Å². The van der Waals surface area contributed by atoms with Gasteiger partial charge in [0.15, 0.2) is 0 Å². The maximum atomic E-state index is 10.7. The second-order valence-corrected chi connectivity index (χ2v) is 3.26. The lowest BCUT2D eigenvalue weighted by molar-refractivity contribution is -0.140. The Morgan fingerprint density at radius 1 is 1.38 bits per heavy atom. The predicted molar refractivity (Wildman–Crippen MR) is 53.1 cm³/mol. The molecular formula is C11H18O2. The third-order valence-electron chi connectivity index (χ3n) is 1.55. The van der Waals surface area contributed by atoms with E-state index in [1.807, 2.05) is 0 Å². The summed E-state index contributed by atoms with van der Waals surface area (Å²) in [6.07, 6.45) is 3.25. The van der Waals surface area contributed by atoms with E-state index in [1.54, 1.807) is 0 Å². The first-order valence-corrected chi connectivity index (χ1v) is 4.72. The topological polar surface area (TPSA) is 26.3 Å². The van der Waals surface area contributed by atoms with Crippen LogP contribution in [0.15, 0.2) is 0 Å². The second-order valence-electron chi connectivity index (χ2n) is 3.26. The van der Waals surface area contributed by atoms with Gasteiger partial charge in [-0.05, 0) is 12.8 Å². The van der Waals surface area contributed by atoms with Crippen LogP contribution in [0.4, 0.5) is 0 Å². The summed E-state index contributed by atoms with van der Waals surface area (Å²) in [5.41, 5.74) is 0. The predicted octanol–water partition coefficient (Wildman–Crippen LogP) is 2.38. The zero-order chi connectivity index (χ0) is 10.1. The Morgan fingerprint density at radius 3 is 2.62 bits per heavy atom. The summed E-state index contributed by atoms with van der Waals surface area (Å²) in [6.45, 7) is 4.14. The molecule has 0 spiro atoms. The van der Waals surface area contributed by atoms with E-state index in [0.717, 1.165) is 19.3 Å². The lowest BCUT2D eigenvalue weighted by atomic mass is 10.1. The molecule has 13 heavy (non-hydrogen) atoms. The number of hydrogen-bond acceptors (Lipinski definition) is 2. The van der Waals surface area contributed by atoms with Gasteiger partial charge in [-0.25, -0.2) is 0 Å². The van der Waals surface area contributed by atoms with Gasteiger partial charge in [0.1, 0.15) is 0 Å². The highest BCUT2D eigenvalue weighted by atomic mass is 16.5. The van der Waals surface area contributed by atoms with E-state index < -0.39 is 0 Å². The minimum absolute atomic E-state index is 0.128. The molecule has 0 aliphatic rings. The maximum absolute atomic E-state index is 10.7. The third kappa shape index (κ3) is 8.94. The Balaban J connectivity index is 3.28. The van der Waals surface area contributed by atoms with Gasteiger partial charge in [-0.3, -0.25) is 4.79 Å². The van der Waals surface area contributed by atoms with Crippen LogP contribution in [0.5, 0.6) is 0 Å². The summed E-state index contributed by atoms with van der Waals surface area (Å²) in [4.78, 5) is 10.7. The van der Waals surface area contributed by atoms with Gasteiger partial charge in [-0.1, -0.05) is 13.8 Å². The number of carbonyl (C=O) groups excluding carboxylic acids is 1. The van der Waals surface area contributed by atoms with E-state index in [4.69, 9.17) is 0 Å². The summed E-state index contributed by atoms with van der Waals surface area (Å²) in [6, 6.07) is 0. The van der Waals surface area contributed by atoms with Crippen molar-refractivity contribution in [1.29, 1.82) is 0 Å². The van der Waals surface area contributed by atoms with Crippen molar-refractivity contribution in [3.8, 4) is 11.8 Å². The van der Waals surface area contributed by atoms with Gasteiger partial charge >= 0.3 is 5.97 Å². The number of hydrogen-bond donors (Lipinski definition) is 0. The van der Waals surface area contributed by atoms with Crippen molar-refractivity contribution in [2.75, 3.05) is 7.11 Å². The molecule has 74 valence electrons. The van der Waals surface area contributed by atoms with Crippen molar-refractivity contribution in [2.45, 2.75) is 39.5 Å². The maximum Gasteiger partial charge on any atom is 0.305 e. The largest absolute Gasteiger partial charge is 0.469 e. The molecule has 0 atom stereocenters. The molecule has 0 bridgehead atoms. The Hall–Kier alpha value is -0.970. The van der Waals surface area contributed by atoms with Crippen molar-refractivity contribution >= 4 is 5.97 Å². The SMILES string of the molecule is COC(=O)CCCCC#CC(C)C. The molecule has 2 heteroatoms. The highest BCUT2D eigenvalue weighted by Gasteiger charge is 1.97. The lowest BCUT2D eigenvalue weighted by Crippen LogP contribution is -1.98. The summed E-state index contributed by atoms with van der Waals surface area (Å²) in [5, 5.41) is 0. The molecule has 0 rings (SSSR count). The van der Waals surface area contributed by atoms with E-state index in [2.05, 4.69) is 30.4 Å². The lowest BCUT2D eigenvalue weighted by Gasteiger charge is -1.96. The number of ether oxygens (including phenoxy) is 1. The van der Waals surface area contributed by atoms with Gasteiger partial charge in [0, 0.05) is 18.8 Å². The zero-order valence-electron chi connectivity index (χ0n) is 8.72. The van der Waals surface area contributed by atoms with Crippen LogP contribution in [-0.4, -0.2) is 13.1 Å². The van der Waals surface area contributed by atoms with Crippen LogP contribution in [0.3, 0.4) is 0 Å². The monoisotopic (exact) mass is 182 g/mol. The molecule has 0 aromatic carbocycles.